The maximum Gasteiger partial charge on any atom is 0.253 e. The molecule has 2 aromatic heterocycles. The molecule has 134 valence electrons. The molecule has 1 atom stereocenters. The number of hydrogen-bond donors (Lipinski definition) is 1. The number of carbonyl (C=O) groups is 1. The number of ether oxygens (including phenoxy) is 2. The van der Waals surface area contributed by atoms with Crippen LogP contribution in [0.5, 0.6) is 11.5 Å². The minimum absolute atomic E-state index is 0.175. The van der Waals surface area contributed by atoms with E-state index in [0.717, 1.165) is 22.3 Å². The van der Waals surface area contributed by atoms with Crippen LogP contribution in [0.25, 0.3) is 11.0 Å². The van der Waals surface area contributed by atoms with E-state index < -0.39 is 0 Å². The van der Waals surface area contributed by atoms with Crippen LogP contribution in [0.2, 0.25) is 0 Å². The van der Waals surface area contributed by atoms with Gasteiger partial charge in [-0.15, -0.1) is 0 Å². The molecule has 7 heteroatoms. The predicted molar refractivity (Wildman–Crippen MR) is 96.4 cm³/mol. The molecule has 1 unspecified atom stereocenters. The van der Waals surface area contributed by atoms with Gasteiger partial charge >= 0.3 is 0 Å². The number of pyridine rings is 1. The van der Waals surface area contributed by atoms with E-state index in [4.69, 9.17) is 9.47 Å². The standard InChI is InChI=1S/C19H20N4O3/c1-11(2)23-18-14(9-21-23)6-15(8-20-18)19(24)22-12(3)13-4-5-16-17(7-13)26-10-25-16/h4-9,11-12H,10H2,1-3H3,(H,22,24). The Bertz CT molecular complexity index is 980. The summed E-state index contributed by atoms with van der Waals surface area (Å²) in [5, 5.41) is 8.18. The molecular formula is C19H20N4O3. The summed E-state index contributed by atoms with van der Waals surface area (Å²) in [7, 11) is 0. The molecule has 4 rings (SSSR count). The monoisotopic (exact) mass is 352 g/mol. The molecule has 3 heterocycles. The normalized spacial score (nSPS) is 14.0. The molecule has 0 spiro atoms. The minimum atomic E-state index is -0.179. The summed E-state index contributed by atoms with van der Waals surface area (Å²) < 4.78 is 12.6. The molecule has 0 fully saturated rings. The smallest absolute Gasteiger partial charge is 0.253 e. The Balaban J connectivity index is 1.53. The summed E-state index contributed by atoms with van der Waals surface area (Å²) in [5.74, 6) is 1.25. The average molecular weight is 352 g/mol. The van der Waals surface area contributed by atoms with Gasteiger partial charge in [0.25, 0.3) is 5.91 Å². The van der Waals surface area contributed by atoms with E-state index in [1.807, 2.05) is 49.7 Å². The highest BCUT2D eigenvalue weighted by Gasteiger charge is 2.18. The number of hydrogen-bond acceptors (Lipinski definition) is 5. The Morgan fingerprint density at radius 3 is 2.77 bits per heavy atom. The zero-order valence-corrected chi connectivity index (χ0v) is 14.9. The van der Waals surface area contributed by atoms with E-state index in [1.165, 1.54) is 0 Å². The van der Waals surface area contributed by atoms with Gasteiger partial charge < -0.3 is 14.8 Å². The van der Waals surface area contributed by atoms with Crippen molar-refractivity contribution in [2.24, 2.45) is 0 Å². The van der Waals surface area contributed by atoms with Crippen molar-refractivity contribution >= 4 is 16.9 Å². The van der Waals surface area contributed by atoms with Crippen molar-refractivity contribution < 1.29 is 14.3 Å². The van der Waals surface area contributed by atoms with Crippen LogP contribution in [-0.2, 0) is 0 Å². The zero-order chi connectivity index (χ0) is 18.3. The summed E-state index contributed by atoms with van der Waals surface area (Å²) in [6.07, 6.45) is 3.32. The van der Waals surface area contributed by atoms with Gasteiger partial charge in [-0.25, -0.2) is 9.67 Å². The molecule has 1 aliphatic rings. The van der Waals surface area contributed by atoms with E-state index in [0.29, 0.717) is 11.3 Å². The van der Waals surface area contributed by atoms with E-state index in [2.05, 4.69) is 15.4 Å². The number of aromatic nitrogens is 3. The molecule has 0 radical (unpaired) electrons. The highest BCUT2D eigenvalue weighted by Crippen LogP contribution is 2.34. The summed E-state index contributed by atoms with van der Waals surface area (Å²) in [6.45, 7) is 6.25. The van der Waals surface area contributed by atoms with Crippen molar-refractivity contribution in [2.75, 3.05) is 6.79 Å². The molecule has 26 heavy (non-hydrogen) atoms. The topological polar surface area (TPSA) is 78.3 Å². The number of benzene rings is 1. The molecule has 1 aromatic carbocycles. The first-order valence-electron chi connectivity index (χ1n) is 8.56. The second kappa shape index (κ2) is 6.33. The summed E-state index contributed by atoms with van der Waals surface area (Å²) >= 11 is 0. The van der Waals surface area contributed by atoms with Crippen LogP contribution in [0.15, 0.2) is 36.7 Å². The zero-order valence-electron chi connectivity index (χ0n) is 14.9. The van der Waals surface area contributed by atoms with Crippen LogP contribution < -0.4 is 14.8 Å². The second-order valence-electron chi connectivity index (χ2n) is 6.63. The quantitative estimate of drug-likeness (QED) is 0.780. The van der Waals surface area contributed by atoms with Crippen LogP contribution in [-0.4, -0.2) is 27.5 Å². The fourth-order valence-corrected chi connectivity index (χ4v) is 2.99. The predicted octanol–water partition coefficient (Wildman–Crippen LogP) is 3.23. The van der Waals surface area contributed by atoms with Gasteiger partial charge in [0.1, 0.15) is 0 Å². The Kier molecular flexibility index (Phi) is 3.99. The van der Waals surface area contributed by atoms with E-state index in [-0.39, 0.29) is 24.8 Å². The van der Waals surface area contributed by atoms with Crippen LogP contribution >= 0.6 is 0 Å². The van der Waals surface area contributed by atoms with Crippen LogP contribution in [0.4, 0.5) is 0 Å². The van der Waals surface area contributed by atoms with Gasteiger partial charge in [0.2, 0.25) is 6.79 Å². The van der Waals surface area contributed by atoms with E-state index in [1.54, 1.807) is 12.4 Å². The van der Waals surface area contributed by atoms with Crippen molar-refractivity contribution in [3.63, 3.8) is 0 Å². The van der Waals surface area contributed by atoms with Gasteiger partial charge in [0, 0.05) is 17.6 Å². The van der Waals surface area contributed by atoms with Crippen molar-refractivity contribution in [1.82, 2.24) is 20.1 Å². The van der Waals surface area contributed by atoms with Crippen molar-refractivity contribution in [3.05, 3.63) is 47.8 Å². The molecule has 0 aliphatic carbocycles. The third kappa shape index (κ3) is 2.85. The lowest BCUT2D eigenvalue weighted by atomic mass is 10.1. The molecule has 1 amide bonds. The van der Waals surface area contributed by atoms with E-state index in [9.17, 15) is 4.79 Å². The van der Waals surface area contributed by atoms with E-state index >= 15 is 0 Å². The van der Waals surface area contributed by atoms with Crippen molar-refractivity contribution in [3.8, 4) is 11.5 Å². The number of amides is 1. The van der Waals surface area contributed by atoms with Crippen LogP contribution in [0.1, 0.15) is 48.8 Å². The maximum atomic E-state index is 12.6. The lowest BCUT2D eigenvalue weighted by molar-refractivity contribution is 0.0939. The highest BCUT2D eigenvalue weighted by molar-refractivity contribution is 5.97. The third-order valence-electron chi connectivity index (χ3n) is 4.43. The van der Waals surface area contributed by atoms with Crippen molar-refractivity contribution in [1.29, 1.82) is 0 Å². The average Bonchev–Trinajstić information content (AvgIpc) is 3.26. The van der Waals surface area contributed by atoms with Gasteiger partial charge in [-0.05, 0) is 44.5 Å². The second-order valence-corrected chi connectivity index (χ2v) is 6.63. The highest BCUT2D eigenvalue weighted by atomic mass is 16.7. The number of nitrogens with zero attached hydrogens (tertiary/aromatic N) is 3. The molecule has 7 nitrogen and oxygen atoms in total. The largest absolute Gasteiger partial charge is 0.454 e. The van der Waals surface area contributed by atoms with Crippen molar-refractivity contribution in [2.45, 2.75) is 32.9 Å². The van der Waals surface area contributed by atoms with Gasteiger partial charge in [-0.3, -0.25) is 4.79 Å². The summed E-state index contributed by atoms with van der Waals surface area (Å²) in [6, 6.07) is 7.52. The molecule has 1 aliphatic heterocycles. The summed E-state index contributed by atoms with van der Waals surface area (Å²) in [5.41, 5.74) is 2.23. The molecule has 3 aromatic rings. The molecule has 0 bridgehead atoms. The molecular weight excluding hydrogens is 332 g/mol. The number of rotatable bonds is 4. The summed E-state index contributed by atoms with van der Waals surface area (Å²) in [4.78, 5) is 17.0. The number of fused-ring (bicyclic) bond motifs is 2. The Hall–Kier alpha value is -3.09. The first-order valence-corrected chi connectivity index (χ1v) is 8.56. The lowest BCUT2D eigenvalue weighted by Crippen LogP contribution is -2.26. The Morgan fingerprint density at radius 2 is 1.96 bits per heavy atom. The van der Waals surface area contributed by atoms with Gasteiger partial charge in [0.05, 0.1) is 17.8 Å². The third-order valence-corrected chi connectivity index (χ3v) is 4.43. The fourth-order valence-electron chi connectivity index (χ4n) is 2.99. The molecule has 0 saturated carbocycles. The van der Waals surface area contributed by atoms with Crippen LogP contribution in [0, 0.1) is 0 Å². The Labute approximate surface area is 150 Å². The lowest BCUT2D eigenvalue weighted by Gasteiger charge is -2.15. The van der Waals surface area contributed by atoms with Gasteiger partial charge in [0.15, 0.2) is 17.1 Å². The number of carbonyl (C=O) groups excluding carboxylic acids is 1. The van der Waals surface area contributed by atoms with Gasteiger partial charge in [-0.2, -0.15) is 5.10 Å². The maximum absolute atomic E-state index is 12.6. The number of nitrogens with one attached hydrogen (secondary N) is 1. The minimum Gasteiger partial charge on any atom is -0.454 e. The van der Waals surface area contributed by atoms with Crippen LogP contribution in [0.3, 0.4) is 0 Å². The first kappa shape index (κ1) is 16.4. The Morgan fingerprint density at radius 1 is 1.15 bits per heavy atom. The fraction of sp³-hybridized carbons (Fsp3) is 0.316. The molecule has 1 N–H and O–H groups in total. The SMILES string of the molecule is CC(NC(=O)c1cnc2c(cnn2C(C)C)c1)c1ccc2c(c1)OCO2. The van der Waals surface area contributed by atoms with Gasteiger partial charge in [-0.1, -0.05) is 6.07 Å². The molecule has 0 saturated heterocycles. The first-order chi connectivity index (χ1) is 12.5.